The van der Waals surface area contributed by atoms with Crippen molar-refractivity contribution in [2.24, 2.45) is 0 Å². The van der Waals surface area contributed by atoms with Crippen LogP contribution in [0.25, 0.3) is 11.1 Å². The number of halogens is 3. The van der Waals surface area contributed by atoms with Crippen molar-refractivity contribution in [3.8, 4) is 11.1 Å². The molecule has 4 rings (SSSR count). The lowest BCUT2D eigenvalue weighted by Crippen LogP contribution is -2.47. The average Bonchev–Trinajstić information content (AvgIpc) is 2.98. The highest BCUT2D eigenvalue weighted by Gasteiger charge is 2.34. The second-order valence-electron chi connectivity index (χ2n) is 11.4. The van der Waals surface area contributed by atoms with Crippen LogP contribution in [0.5, 0.6) is 0 Å². The van der Waals surface area contributed by atoms with Crippen LogP contribution in [-0.4, -0.2) is 64.3 Å². The van der Waals surface area contributed by atoms with Crippen LogP contribution < -0.4 is 0 Å². The van der Waals surface area contributed by atoms with E-state index in [0.29, 0.717) is 12.1 Å². The van der Waals surface area contributed by atoms with E-state index in [1.165, 1.54) is 11.6 Å². The van der Waals surface area contributed by atoms with Gasteiger partial charge in [-0.1, -0.05) is 80.6 Å². The minimum Gasteiger partial charge on any atom is -0.450 e. The summed E-state index contributed by atoms with van der Waals surface area (Å²) in [4.78, 5) is 26.6. The summed E-state index contributed by atoms with van der Waals surface area (Å²) < 4.78 is 40.8. The molecule has 0 saturated carbocycles. The molecule has 1 amide bonds. The SMILES string of the molecule is CCN(C(=O)c1cc(C(F)(F)F)ccc1-c1ccccc1)C1CCN(CCCC(C)(C)c2ccccc2)CC1.O=C(O)O. The maximum atomic E-state index is 13.8. The van der Waals surface area contributed by atoms with E-state index >= 15 is 0 Å². The van der Waals surface area contributed by atoms with Crippen molar-refractivity contribution in [3.63, 3.8) is 0 Å². The summed E-state index contributed by atoms with van der Waals surface area (Å²) >= 11 is 0. The number of hydrogen-bond donors (Lipinski definition) is 2. The van der Waals surface area contributed by atoms with Gasteiger partial charge in [0.1, 0.15) is 0 Å². The summed E-state index contributed by atoms with van der Waals surface area (Å²) in [5.41, 5.74) is 2.06. The lowest BCUT2D eigenvalue weighted by molar-refractivity contribution is -0.137. The number of nitrogens with zero attached hydrogens (tertiary/aromatic N) is 2. The molecule has 1 saturated heterocycles. The highest BCUT2D eigenvalue weighted by Crippen LogP contribution is 2.35. The van der Waals surface area contributed by atoms with Crippen molar-refractivity contribution in [1.29, 1.82) is 0 Å². The molecule has 0 bridgehead atoms. The van der Waals surface area contributed by atoms with E-state index < -0.39 is 17.9 Å². The molecule has 1 aliphatic rings. The van der Waals surface area contributed by atoms with E-state index in [2.05, 4.69) is 43.0 Å². The molecule has 1 fully saturated rings. The molecule has 9 heteroatoms. The van der Waals surface area contributed by atoms with E-state index in [9.17, 15) is 18.0 Å². The van der Waals surface area contributed by atoms with Gasteiger partial charge in [-0.05, 0) is 73.4 Å². The van der Waals surface area contributed by atoms with Crippen molar-refractivity contribution >= 4 is 12.1 Å². The van der Waals surface area contributed by atoms with Crippen LogP contribution in [0.4, 0.5) is 18.0 Å². The number of rotatable bonds is 9. The number of benzene rings is 3. The van der Waals surface area contributed by atoms with Crippen molar-refractivity contribution in [3.05, 3.63) is 95.6 Å². The fraction of sp³-hybridized carbons (Fsp3) is 0.412. The summed E-state index contributed by atoms with van der Waals surface area (Å²) in [7, 11) is 0. The van der Waals surface area contributed by atoms with Gasteiger partial charge in [0.05, 0.1) is 5.56 Å². The van der Waals surface area contributed by atoms with Gasteiger partial charge in [-0.2, -0.15) is 13.2 Å². The minimum absolute atomic E-state index is 0.0117. The quantitative estimate of drug-likeness (QED) is 0.259. The van der Waals surface area contributed by atoms with Crippen LogP contribution in [0, 0.1) is 0 Å². The largest absolute Gasteiger partial charge is 0.503 e. The molecule has 43 heavy (non-hydrogen) atoms. The number of carboxylic acid groups (broad SMARTS) is 2. The maximum absolute atomic E-state index is 13.8. The van der Waals surface area contributed by atoms with Gasteiger partial charge < -0.3 is 20.0 Å². The number of carbonyl (C=O) groups excluding carboxylic acids is 1. The molecule has 3 aromatic rings. The van der Waals surface area contributed by atoms with Gasteiger partial charge in [-0.25, -0.2) is 4.79 Å². The van der Waals surface area contributed by atoms with Crippen LogP contribution in [-0.2, 0) is 11.6 Å². The summed E-state index contributed by atoms with van der Waals surface area (Å²) in [6.07, 6.45) is -2.52. The predicted octanol–water partition coefficient (Wildman–Crippen LogP) is 8.28. The Balaban J connectivity index is 0.00000119. The molecular weight excluding hydrogens is 557 g/mol. The fourth-order valence-electron chi connectivity index (χ4n) is 5.72. The third kappa shape index (κ3) is 9.58. The fourth-order valence-corrected chi connectivity index (χ4v) is 5.72. The highest BCUT2D eigenvalue weighted by atomic mass is 19.4. The van der Waals surface area contributed by atoms with Gasteiger partial charge in [0.25, 0.3) is 5.91 Å². The number of likely N-dealkylation sites (tertiary alicyclic amines) is 1. The van der Waals surface area contributed by atoms with Crippen molar-refractivity contribution in [2.75, 3.05) is 26.2 Å². The number of amides is 1. The Morgan fingerprint density at radius 1 is 0.884 bits per heavy atom. The highest BCUT2D eigenvalue weighted by molar-refractivity contribution is 6.01. The van der Waals surface area contributed by atoms with Crippen molar-refractivity contribution in [2.45, 2.75) is 64.1 Å². The summed E-state index contributed by atoms with van der Waals surface area (Å²) in [6.45, 7) is 9.72. The molecule has 0 aromatic heterocycles. The Bertz CT molecular complexity index is 1320. The van der Waals surface area contributed by atoms with E-state index in [1.54, 1.807) is 4.90 Å². The normalized spacial score (nSPS) is 14.5. The summed E-state index contributed by atoms with van der Waals surface area (Å²) in [5, 5.41) is 13.9. The molecule has 0 unspecified atom stereocenters. The second kappa shape index (κ2) is 15.0. The third-order valence-electron chi connectivity index (χ3n) is 8.09. The Kier molecular flexibility index (Phi) is 11.8. The summed E-state index contributed by atoms with van der Waals surface area (Å²) in [6, 6.07) is 23.3. The maximum Gasteiger partial charge on any atom is 0.503 e. The molecule has 0 aliphatic carbocycles. The molecule has 232 valence electrons. The van der Waals surface area contributed by atoms with Crippen LogP contribution in [0.2, 0.25) is 0 Å². The molecule has 1 heterocycles. The third-order valence-corrected chi connectivity index (χ3v) is 8.09. The molecular formula is C34H41F3N2O4. The smallest absolute Gasteiger partial charge is 0.450 e. The zero-order valence-electron chi connectivity index (χ0n) is 25.0. The van der Waals surface area contributed by atoms with Gasteiger partial charge in [-0.3, -0.25) is 4.79 Å². The Labute approximate surface area is 251 Å². The first-order valence-electron chi connectivity index (χ1n) is 14.6. The molecule has 2 N–H and O–H groups in total. The van der Waals surface area contributed by atoms with Gasteiger partial charge >= 0.3 is 12.3 Å². The molecule has 0 atom stereocenters. The zero-order valence-corrected chi connectivity index (χ0v) is 25.0. The second-order valence-corrected chi connectivity index (χ2v) is 11.4. The van der Waals surface area contributed by atoms with Crippen molar-refractivity contribution < 1.29 is 33.0 Å². The predicted molar refractivity (Wildman–Crippen MR) is 162 cm³/mol. The van der Waals surface area contributed by atoms with E-state index in [1.807, 2.05) is 43.3 Å². The van der Waals surface area contributed by atoms with Gasteiger partial charge in [0.2, 0.25) is 0 Å². The number of hydrogen-bond acceptors (Lipinski definition) is 3. The van der Waals surface area contributed by atoms with Crippen molar-refractivity contribution in [1.82, 2.24) is 9.80 Å². The lowest BCUT2D eigenvalue weighted by Gasteiger charge is -2.39. The molecule has 3 aromatic carbocycles. The van der Waals surface area contributed by atoms with Crippen LogP contribution in [0.15, 0.2) is 78.9 Å². The van der Waals surface area contributed by atoms with Gasteiger partial charge in [0, 0.05) is 31.2 Å². The topological polar surface area (TPSA) is 81.1 Å². The first-order chi connectivity index (χ1) is 20.3. The Hall–Kier alpha value is -3.85. The lowest BCUT2D eigenvalue weighted by atomic mass is 9.80. The monoisotopic (exact) mass is 598 g/mol. The average molecular weight is 599 g/mol. The Morgan fingerprint density at radius 3 is 1.98 bits per heavy atom. The van der Waals surface area contributed by atoms with Crippen LogP contribution in [0.3, 0.4) is 0 Å². The van der Waals surface area contributed by atoms with Crippen LogP contribution in [0.1, 0.15) is 67.9 Å². The molecule has 0 radical (unpaired) electrons. The number of piperidine rings is 1. The first kappa shape index (κ1) is 33.6. The number of alkyl halides is 3. The minimum atomic E-state index is -4.51. The zero-order chi connectivity index (χ0) is 31.6. The van der Waals surface area contributed by atoms with E-state index in [0.717, 1.165) is 63.0 Å². The molecule has 1 aliphatic heterocycles. The molecule has 0 spiro atoms. The first-order valence-corrected chi connectivity index (χ1v) is 14.6. The van der Waals surface area contributed by atoms with Crippen LogP contribution >= 0.6 is 0 Å². The van der Waals surface area contributed by atoms with E-state index in [-0.39, 0.29) is 22.9 Å². The Morgan fingerprint density at radius 2 is 1.44 bits per heavy atom. The van der Waals surface area contributed by atoms with Gasteiger partial charge in [-0.15, -0.1) is 0 Å². The van der Waals surface area contributed by atoms with Gasteiger partial charge in [0.15, 0.2) is 0 Å². The summed E-state index contributed by atoms with van der Waals surface area (Å²) in [5.74, 6) is -0.328. The molecule has 6 nitrogen and oxygen atoms in total. The van der Waals surface area contributed by atoms with E-state index in [4.69, 9.17) is 15.0 Å². The standard InChI is InChI=1S/C33H39F3N2O.CH2O3/c1-4-38(28-18-22-37(23-19-28)21-11-20-32(2,3)26-14-9-6-10-15-26)31(39)30-24-27(33(34,35)36)16-17-29(30)25-12-7-5-8-13-25;2-1(3)4/h5-10,12-17,24,28H,4,11,18-23H2,1-3H3;(H2,2,3,4). The number of carbonyl (C=O) groups is 2.